The fourth-order valence-corrected chi connectivity index (χ4v) is 3.89. The fraction of sp³-hybridized carbons (Fsp3) is 1.00. The lowest BCUT2D eigenvalue weighted by Crippen LogP contribution is -2.40. The summed E-state index contributed by atoms with van der Waals surface area (Å²) in [5.41, 5.74) is 6.22. The molecule has 1 rings (SSSR count). The van der Waals surface area contributed by atoms with Crippen LogP contribution in [-0.2, 0) is 9.84 Å². The molecule has 0 radical (unpaired) electrons. The molecule has 0 bridgehead atoms. The summed E-state index contributed by atoms with van der Waals surface area (Å²) >= 11 is 0. The molecule has 0 saturated carbocycles. The number of rotatable bonds is 4. The fourth-order valence-electron chi connectivity index (χ4n) is 2.08. The minimum Gasteiger partial charge on any atom is -0.327 e. The van der Waals surface area contributed by atoms with Gasteiger partial charge in [-0.25, -0.2) is 8.42 Å². The first kappa shape index (κ1) is 14.9. The summed E-state index contributed by atoms with van der Waals surface area (Å²) in [6.45, 7) is 7.28. The zero-order chi connectivity index (χ0) is 13.3. The monoisotopic (exact) mass is 262 g/mol. The molecule has 1 saturated heterocycles. The number of hydrogen-bond donors (Lipinski definition) is 1. The molecule has 0 aromatic heterocycles. The zero-order valence-corrected chi connectivity index (χ0v) is 12.3. The lowest BCUT2D eigenvalue weighted by Gasteiger charge is -2.30. The Bertz CT molecular complexity index is 346. The molecule has 1 aliphatic rings. The molecule has 17 heavy (non-hydrogen) atoms. The second-order valence-corrected chi connectivity index (χ2v) is 8.53. The van der Waals surface area contributed by atoms with Gasteiger partial charge in [0.2, 0.25) is 0 Å². The van der Waals surface area contributed by atoms with Gasteiger partial charge >= 0.3 is 0 Å². The summed E-state index contributed by atoms with van der Waals surface area (Å²) in [6, 6.07) is 0.343. The van der Waals surface area contributed by atoms with E-state index in [1.807, 2.05) is 7.05 Å². The first-order valence-electron chi connectivity index (χ1n) is 6.28. The molecule has 4 nitrogen and oxygen atoms in total. The third kappa shape index (κ3) is 4.56. The lowest BCUT2D eigenvalue weighted by molar-refractivity contribution is 0.221. The minimum absolute atomic E-state index is 0.114. The number of nitrogens with two attached hydrogens (primary N) is 1. The Morgan fingerprint density at radius 1 is 1.41 bits per heavy atom. The van der Waals surface area contributed by atoms with Gasteiger partial charge in [-0.1, -0.05) is 20.8 Å². The molecule has 5 heteroatoms. The van der Waals surface area contributed by atoms with Crippen LogP contribution in [0.5, 0.6) is 0 Å². The highest BCUT2D eigenvalue weighted by Gasteiger charge is 2.31. The van der Waals surface area contributed by atoms with E-state index in [1.165, 1.54) is 0 Å². The van der Waals surface area contributed by atoms with E-state index in [2.05, 4.69) is 25.7 Å². The molecular weight excluding hydrogens is 236 g/mol. The van der Waals surface area contributed by atoms with Gasteiger partial charge in [0.25, 0.3) is 0 Å². The van der Waals surface area contributed by atoms with E-state index in [0.29, 0.717) is 11.5 Å². The first-order valence-corrected chi connectivity index (χ1v) is 8.10. The van der Waals surface area contributed by atoms with Crippen LogP contribution in [0.4, 0.5) is 0 Å². The van der Waals surface area contributed by atoms with Crippen LogP contribution in [0, 0.1) is 5.41 Å². The normalized spacial score (nSPS) is 26.4. The number of sulfone groups is 1. The Balaban J connectivity index is 2.39. The van der Waals surface area contributed by atoms with Crippen molar-refractivity contribution in [2.24, 2.45) is 11.1 Å². The van der Waals surface area contributed by atoms with E-state index in [1.54, 1.807) is 0 Å². The average Bonchev–Trinajstić information content (AvgIpc) is 2.53. The summed E-state index contributed by atoms with van der Waals surface area (Å²) in [5.74, 6) is 0.654. The van der Waals surface area contributed by atoms with Crippen LogP contribution in [0.1, 0.15) is 33.6 Å². The molecule has 102 valence electrons. The van der Waals surface area contributed by atoms with E-state index >= 15 is 0 Å². The van der Waals surface area contributed by atoms with Crippen molar-refractivity contribution >= 4 is 9.84 Å². The van der Waals surface area contributed by atoms with Gasteiger partial charge in [0.1, 0.15) is 0 Å². The first-order chi connectivity index (χ1) is 7.62. The van der Waals surface area contributed by atoms with Crippen molar-refractivity contribution in [2.45, 2.75) is 45.7 Å². The van der Waals surface area contributed by atoms with Crippen molar-refractivity contribution in [3.05, 3.63) is 0 Å². The molecule has 0 amide bonds. The van der Waals surface area contributed by atoms with Gasteiger partial charge in [-0.2, -0.15) is 0 Å². The molecule has 1 fully saturated rings. The average molecular weight is 262 g/mol. The van der Waals surface area contributed by atoms with Gasteiger partial charge in [0.05, 0.1) is 11.5 Å². The van der Waals surface area contributed by atoms with Crippen molar-refractivity contribution < 1.29 is 8.42 Å². The van der Waals surface area contributed by atoms with Gasteiger partial charge in [-0.3, -0.25) is 0 Å². The van der Waals surface area contributed by atoms with Gasteiger partial charge in [-0.05, 0) is 31.8 Å². The Morgan fingerprint density at radius 3 is 2.41 bits per heavy atom. The van der Waals surface area contributed by atoms with Gasteiger partial charge in [0, 0.05) is 12.1 Å². The molecule has 0 spiro atoms. The highest BCUT2D eigenvalue weighted by atomic mass is 32.2. The molecule has 0 aromatic rings. The quantitative estimate of drug-likeness (QED) is 0.816. The Labute approximate surface area is 105 Å². The predicted octanol–water partition coefficient (Wildman–Crippen LogP) is 0.869. The van der Waals surface area contributed by atoms with Crippen molar-refractivity contribution in [1.29, 1.82) is 0 Å². The van der Waals surface area contributed by atoms with E-state index in [0.717, 1.165) is 19.4 Å². The van der Waals surface area contributed by atoms with Crippen molar-refractivity contribution in [3.63, 3.8) is 0 Å². The zero-order valence-electron chi connectivity index (χ0n) is 11.4. The predicted molar refractivity (Wildman–Crippen MR) is 71.7 cm³/mol. The van der Waals surface area contributed by atoms with Crippen molar-refractivity contribution in [2.75, 3.05) is 25.1 Å². The van der Waals surface area contributed by atoms with Gasteiger partial charge in [-0.15, -0.1) is 0 Å². The third-order valence-electron chi connectivity index (χ3n) is 3.74. The summed E-state index contributed by atoms with van der Waals surface area (Å²) in [5, 5.41) is 0. The Kier molecular flexibility index (Phi) is 4.60. The molecule has 2 atom stereocenters. The molecule has 0 aromatic carbocycles. The van der Waals surface area contributed by atoms with Crippen LogP contribution >= 0.6 is 0 Å². The van der Waals surface area contributed by atoms with E-state index < -0.39 is 9.84 Å². The highest BCUT2D eigenvalue weighted by molar-refractivity contribution is 7.91. The Hall–Kier alpha value is -0.130. The third-order valence-corrected chi connectivity index (χ3v) is 5.49. The Morgan fingerprint density at radius 2 is 2.00 bits per heavy atom. The maximum atomic E-state index is 11.4. The molecule has 2 unspecified atom stereocenters. The molecule has 2 N–H and O–H groups in total. The standard InChI is InChI=1S/C12H26N2O2S/c1-12(2,3)11(13)5-7-14(4)10-6-8-17(15,16)9-10/h10-11H,5-9,13H2,1-4H3. The lowest BCUT2D eigenvalue weighted by atomic mass is 9.85. The highest BCUT2D eigenvalue weighted by Crippen LogP contribution is 2.21. The smallest absolute Gasteiger partial charge is 0.151 e. The summed E-state index contributed by atoms with van der Waals surface area (Å²) < 4.78 is 22.8. The molecule has 1 aliphatic heterocycles. The van der Waals surface area contributed by atoms with Crippen molar-refractivity contribution in [3.8, 4) is 0 Å². The largest absolute Gasteiger partial charge is 0.327 e. The van der Waals surface area contributed by atoms with Gasteiger partial charge in [0.15, 0.2) is 9.84 Å². The summed E-state index contributed by atoms with van der Waals surface area (Å²) in [6.07, 6.45) is 1.68. The summed E-state index contributed by atoms with van der Waals surface area (Å²) in [7, 11) is -0.779. The minimum atomic E-state index is -2.78. The van der Waals surface area contributed by atoms with Gasteiger partial charge < -0.3 is 10.6 Å². The van der Waals surface area contributed by atoms with E-state index in [9.17, 15) is 8.42 Å². The van der Waals surface area contributed by atoms with Crippen LogP contribution in [0.15, 0.2) is 0 Å². The summed E-state index contributed by atoms with van der Waals surface area (Å²) in [4.78, 5) is 2.15. The molecule has 0 aliphatic carbocycles. The second kappa shape index (κ2) is 5.24. The maximum absolute atomic E-state index is 11.4. The van der Waals surface area contributed by atoms with Crippen LogP contribution in [0.2, 0.25) is 0 Å². The topological polar surface area (TPSA) is 63.4 Å². The van der Waals surface area contributed by atoms with Crippen LogP contribution in [0.3, 0.4) is 0 Å². The number of hydrogen-bond acceptors (Lipinski definition) is 4. The van der Waals surface area contributed by atoms with Crippen LogP contribution in [-0.4, -0.2) is 50.5 Å². The van der Waals surface area contributed by atoms with E-state index in [4.69, 9.17) is 5.73 Å². The van der Waals surface area contributed by atoms with Crippen LogP contribution < -0.4 is 5.73 Å². The van der Waals surface area contributed by atoms with Crippen LogP contribution in [0.25, 0.3) is 0 Å². The van der Waals surface area contributed by atoms with E-state index in [-0.39, 0.29) is 17.5 Å². The maximum Gasteiger partial charge on any atom is 0.151 e. The van der Waals surface area contributed by atoms with Crippen molar-refractivity contribution in [1.82, 2.24) is 4.90 Å². The number of nitrogens with zero attached hydrogens (tertiary/aromatic N) is 1. The SMILES string of the molecule is CN(CCC(N)C(C)(C)C)C1CCS(=O)(=O)C1. The molecular formula is C12H26N2O2S. The second-order valence-electron chi connectivity index (χ2n) is 6.30. The molecule has 1 heterocycles.